The number of benzene rings is 3. The number of nitrogens with one attached hydrogen (secondary N) is 1. The second kappa shape index (κ2) is 7.33. The van der Waals surface area contributed by atoms with Crippen molar-refractivity contribution in [3.05, 3.63) is 70.7 Å². The van der Waals surface area contributed by atoms with E-state index in [9.17, 15) is 9.59 Å². The van der Waals surface area contributed by atoms with E-state index in [1.165, 1.54) is 0 Å². The molecule has 0 radical (unpaired) electrons. The van der Waals surface area contributed by atoms with E-state index in [1.807, 2.05) is 0 Å². The van der Waals surface area contributed by atoms with Crippen molar-refractivity contribution in [1.29, 1.82) is 0 Å². The number of halogens is 1. The summed E-state index contributed by atoms with van der Waals surface area (Å²) in [5.41, 5.74) is 8.01. The Morgan fingerprint density at radius 1 is 1.03 bits per heavy atom. The van der Waals surface area contributed by atoms with Gasteiger partial charge in [0, 0.05) is 28.8 Å². The van der Waals surface area contributed by atoms with Crippen molar-refractivity contribution in [3.63, 3.8) is 0 Å². The lowest BCUT2D eigenvalue weighted by Crippen LogP contribution is -2.16. The van der Waals surface area contributed by atoms with Gasteiger partial charge >= 0.3 is 6.09 Å². The molecule has 2 heterocycles. The van der Waals surface area contributed by atoms with E-state index in [4.69, 9.17) is 31.5 Å². The zero-order valence-electron chi connectivity index (χ0n) is 15.8. The number of nitrogens with two attached hydrogens (primary N) is 1. The highest BCUT2D eigenvalue weighted by molar-refractivity contribution is 6.35. The van der Waals surface area contributed by atoms with Crippen molar-refractivity contribution in [1.82, 2.24) is 9.97 Å². The van der Waals surface area contributed by atoms with Gasteiger partial charge in [-0.25, -0.2) is 9.78 Å². The van der Waals surface area contributed by atoms with Gasteiger partial charge in [-0.15, -0.1) is 0 Å². The average molecular weight is 436 g/mol. The molecule has 4 aromatic rings. The first kappa shape index (κ1) is 19.0. The van der Waals surface area contributed by atoms with Crippen LogP contribution in [-0.4, -0.2) is 28.6 Å². The summed E-state index contributed by atoms with van der Waals surface area (Å²) >= 11 is 6.26. The lowest BCUT2D eigenvalue weighted by Gasteiger charge is -2.06. The molecule has 5 rings (SSSR count). The van der Waals surface area contributed by atoms with Gasteiger partial charge < -0.3 is 24.9 Å². The molecular weight excluding hydrogens is 422 g/mol. The van der Waals surface area contributed by atoms with E-state index in [-0.39, 0.29) is 12.6 Å². The molecule has 0 saturated heterocycles. The summed E-state index contributed by atoms with van der Waals surface area (Å²) in [5.74, 6) is 1.69. The lowest BCUT2D eigenvalue weighted by molar-refractivity contribution is 0.103. The number of carbonyl (C=O) groups excluding carboxylic acids is 2. The number of primary amides is 1. The maximum absolute atomic E-state index is 12.9. The Morgan fingerprint density at radius 3 is 2.52 bits per heavy atom. The Morgan fingerprint density at radius 2 is 1.77 bits per heavy atom. The van der Waals surface area contributed by atoms with Crippen molar-refractivity contribution in [2.45, 2.75) is 0 Å². The highest BCUT2D eigenvalue weighted by Gasteiger charge is 2.21. The number of amides is 1. The number of hydrogen-bond acceptors (Lipinski definition) is 6. The van der Waals surface area contributed by atoms with Crippen LogP contribution in [0.3, 0.4) is 0 Å². The number of carbonyl (C=O) groups is 2. The van der Waals surface area contributed by atoms with Gasteiger partial charge in [-0.05, 0) is 18.2 Å². The van der Waals surface area contributed by atoms with E-state index in [0.29, 0.717) is 44.7 Å². The number of H-pyrrole nitrogens is 1. The molecule has 1 aliphatic heterocycles. The third-order valence-corrected chi connectivity index (χ3v) is 5.11. The maximum atomic E-state index is 12.9. The van der Waals surface area contributed by atoms with Gasteiger partial charge in [0.25, 0.3) is 0 Å². The van der Waals surface area contributed by atoms with E-state index in [2.05, 4.69) is 9.97 Å². The highest BCUT2D eigenvalue weighted by Crippen LogP contribution is 2.37. The summed E-state index contributed by atoms with van der Waals surface area (Å²) in [4.78, 5) is 31.5. The molecule has 1 aromatic heterocycles. The summed E-state index contributed by atoms with van der Waals surface area (Å²) in [5, 5.41) is 0.296. The second-order valence-electron chi connectivity index (χ2n) is 6.78. The van der Waals surface area contributed by atoms with Crippen molar-refractivity contribution in [3.8, 4) is 28.6 Å². The minimum absolute atomic E-state index is 0.103. The minimum Gasteiger partial charge on any atom is -0.454 e. The summed E-state index contributed by atoms with van der Waals surface area (Å²) in [7, 11) is 0. The van der Waals surface area contributed by atoms with Gasteiger partial charge in [0.05, 0.1) is 16.1 Å². The lowest BCUT2D eigenvalue weighted by atomic mass is 10.0. The van der Waals surface area contributed by atoms with Gasteiger partial charge in [-0.3, -0.25) is 4.79 Å². The summed E-state index contributed by atoms with van der Waals surface area (Å²) in [6, 6.07) is 15.1. The van der Waals surface area contributed by atoms with Gasteiger partial charge in [0.2, 0.25) is 6.79 Å². The zero-order valence-corrected chi connectivity index (χ0v) is 16.6. The van der Waals surface area contributed by atoms with Gasteiger partial charge in [0.15, 0.2) is 17.3 Å². The Balaban J connectivity index is 1.42. The zero-order chi connectivity index (χ0) is 21.5. The Hall–Kier alpha value is -4.04. The molecule has 0 saturated carbocycles. The van der Waals surface area contributed by atoms with Crippen LogP contribution in [-0.2, 0) is 0 Å². The standard InChI is InChI=1S/C22H14ClN3O5/c23-15-9-19-18(29-10-30-19)8-14(15)20(27)11-1-3-12(4-2-11)21-25-16-6-5-13(31-22(24)28)7-17(16)26-21/h1-9H,10H2,(H2,24,28)(H,25,26). The van der Waals surface area contributed by atoms with Crippen LogP contribution in [0.2, 0.25) is 5.02 Å². The van der Waals surface area contributed by atoms with Gasteiger partial charge in [0.1, 0.15) is 11.6 Å². The van der Waals surface area contributed by atoms with E-state index >= 15 is 0 Å². The smallest absolute Gasteiger partial charge is 0.409 e. The molecule has 1 aliphatic rings. The van der Waals surface area contributed by atoms with Crippen molar-refractivity contribution >= 4 is 34.5 Å². The Kier molecular flexibility index (Phi) is 4.48. The molecule has 154 valence electrons. The van der Waals surface area contributed by atoms with Crippen LogP contribution in [0.1, 0.15) is 15.9 Å². The molecule has 1 amide bonds. The molecule has 0 aliphatic carbocycles. The number of aromatic amines is 1. The molecule has 8 nitrogen and oxygen atoms in total. The predicted molar refractivity (Wildman–Crippen MR) is 113 cm³/mol. The van der Waals surface area contributed by atoms with Crippen LogP contribution < -0.4 is 19.9 Å². The highest BCUT2D eigenvalue weighted by atomic mass is 35.5. The molecule has 3 N–H and O–H groups in total. The number of rotatable bonds is 4. The number of nitrogens with zero attached hydrogens (tertiary/aromatic N) is 1. The molecule has 0 unspecified atom stereocenters. The first-order valence-electron chi connectivity index (χ1n) is 9.19. The number of imidazole rings is 1. The molecular formula is C22H14ClN3O5. The SMILES string of the molecule is NC(=O)Oc1ccc2[nH]c(-c3ccc(C(=O)c4cc5c(cc4Cl)OCO5)cc3)nc2c1. The predicted octanol–water partition coefficient (Wildman–Crippen LogP) is 4.30. The average Bonchev–Trinajstić information content (AvgIpc) is 3.38. The maximum Gasteiger partial charge on any atom is 0.409 e. The number of aromatic nitrogens is 2. The third-order valence-electron chi connectivity index (χ3n) is 4.80. The van der Waals surface area contributed by atoms with Crippen LogP contribution in [0.5, 0.6) is 17.2 Å². The first-order chi connectivity index (χ1) is 15.0. The normalized spacial score (nSPS) is 12.2. The van der Waals surface area contributed by atoms with Crippen molar-refractivity contribution in [2.75, 3.05) is 6.79 Å². The van der Waals surface area contributed by atoms with Crippen molar-refractivity contribution in [2.24, 2.45) is 5.73 Å². The molecule has 9 heteroatoms. The second-order valence-corrected chi connectivity index (χ2v) is 7.18. The fourth-order valence-corrected chi connectivity index (χ4v) is 3.57. The fraction of sp³-hybridized carbons (Fsp3) is 0.0455. The molecule has 0 spiro atoms. The van der Waals surface area contributed by atoms with E-state index in [1.54, 1.807) is 54.6 Å². The molecule has 0 atom stereocenters. The third kappa shape index (κ3) is 3.53. The van der Waals surface area contributed by atoms with Crippen LogP contribution in [0, 0.1) is 0 Å². The van der Waals surface area contributed by atoms with Gasteiger partial charge in [-0.1, -0.05) is 35.9 Å². The Bertz CT molecular complexity index is 1350. The number of fused-ring (bicyclic) bond motifs is 2. The molecule has 0 bridgehead atoms. The summed E-state index contributed by atoms with van der Waals surface area (Å²) < 4.78 is 15.5. The molecule has 3 aromatic carbocycles. The molecule has 0 fully saturated rings. The monoisotopic (exact) mass is 435 g/mol. The molecule has 31 heavy (non-hydrogen) atoms. The van der Waals surface area contributed by atoms with Crippen LogP contribution in [0.25, 0.3) is 22.4 Å². The first-order valence-corrected chi connectivity index (χ1v) is 9.57. The summed E-state index contributed by atoms with van der Waals surface area (Å²) in [6.45, 7) is 0.103. The van der Waals surface area contributed by atoms with Crippen LogP contribution in [0.4, 0.5) is 4.79 Å². The van der Waals surface area contributed by atoms with E-state index < -0.39 is 6.09 Å². The van der Waals surface area contributed by atoms with Crippen LogP contribution >= 0.6 is 11.6 Å². The van der Waals surface area contributed by atoms with Crippen molar-refractivity contribution < 1.29 is 23.8 Å². The largest absolute Gasteiger partial charge is 0.454 e. The minimum atomic E-state index is -0.891. The summed E-state index contributed by atoms with van der Waals surface area (Å²) in [6.07, 6.45) is -0.891. The number of ketones is 1. The fourth-order valence-electron chi connectivity index (χ4n) is 3.33. The van der Waals surface area contributed by atoms with Gasteiger partial charge in [-0.2, -0.15) is 0 Å². The quantitative estimate of drug-likeness (QED) is 0.461. The topological polar surface area (TPSA) is 117 Å². The number of ether oxygens (including phenoxy) is 3. The van der Waals surface area contributed by atoms with Crippen LogP contribution in [0.15, 0.2) is 54.6 Å². The Labute approximate surface area is 180 Å². The van der Waals surface area contributed by atoms with E-state index in [0.717, 1.165) is 11.1 Å². The number of hydrogen-bond donors (Lipinski definition) is 2.